The highest BCUT2D eigenvalue weighted by Gasteiger charge is 2.71. The zero-order valence-electron chi connectivity index (χ0n) is 16.1. The van der Waals surface area contributed by atoms with Gasteiger partial charge in [-0.25, -0.2) is 0 Å². The number of aliphatic hydroxyl groups excluding tert-OH is 1. The van der Waals surface area contributed by atoms with Crippen molar-refractivity contribution in [2.45, 2.75) is 70.6 Å². The lowest BCUT2D eigenvalue weighted by molar-refractivity contribution is -0.259. The summed E-state index contributed by atoms with van der Waals surface area (Å²) in [6.45, 7) is 10.1. The number of aliphatic hydroxyl groups is 1. The molecule has 26 heavy (non-hydrogen) atoms. The topological polar surface area (TPSA) is 32.7 Å². The predicted octanol–water partition coefficient (Wildman–Crippen LogP) is 4.00. The molecule has 4 heteroatoms. The molecule has 2 saturated heterocycles. The highest BCUT2D eigenvalue weighted by molar-refractivity contribution is 5.85. The smallest absolute Gasteiger partial charge is 0.116 e. The van der Waals surface area contributed by atoms with Crippen LogP contribution in [0, 0.1) is 34.0 Å². The van der Waals surface area contributed by atoms with Gasteiger partial charge in [0.15, 0.2) is 0 Å². The van der Waals surface area contributed by atoms with Crippen LogP contribution >= 0.6 is 12.4 Å². The minimum Gasteiger partial charge on any atom is -0.388 e. The first kappa shape index (κ1) is 18.0. The molecule has 0 amide bonds. The first-order valence-corrected chi connectivity index (χ1v) is 10.7. The molecule has 2 heterocycles. The summed E-state index contributed by atoms with van der Waals surface area (Å²) in [4.78, 5) is 2.69. The van der Waals surface area contributed by atoms with Gasteiger partial charge in [0.05, 0.1) is 12.7 Å². The van der Waals surface area contributed by atoms with Crippen molar-refractivity contribution in [3.63, 3.8) is 0 Å². The second kappa shape index (κ2) is 5.49. The van der Waals surface area contributed by atoms with Gasteiger partial charge in [0.2, 0.25) is 0 Å². The van der Waals surface area contributed by atoms with Gasteiger partial charge in [0.1, 0.15) is 6.23 Å². The molecular formula is C22H34ClNO2. The Morgan fingerprint density at radius 2 is 1.96 bits per heavy atom. The van der Waals surface area contributed by atoms with Gasteiger partial charge in [-0.1, -0.05) is 19.9 Å². The van der Waals surface area contributed by atoms with Gasteiger partial charge in [-0.05, 0) is 73.7 Å². The number of rotatable bonds is 0. The highest BCUT2D eigenvalue weighted by atomic mass is 35.5. The quantitative estimate of drug-likeness (QED) is 0.646. The molecule has 3 nitrogen and oxygen atoms in total. The molecule has 4 bridgehead atoms. The Balaban J connectivity index is 0.00000150. The van der Waals surface area contributed by atoms with Gasteiger partial charge < -0.3 is 9.84 Å². The van der Waals surface area contributed by atoms with Crippen molar-refractivity contribution < 1.29 is 9.84 Å². The second-order valence-electron chi connectivity index (χ2n) is 10.6. The Morgan fingerprint density at radius 3 is 2.81 bits per heavy atom. The number of piperidine rings is 1. The first-order chi connectivity index (χ1) is 12.0. The molecule has 2 aliphatic heterocycles. The van der Waals surface area contributed by atoms with Crippen LogP contribution in [-0.2, 0) is 4.74 Å². The van der Waals surface area contributed by atoms with Crippen molar-refractivity contribution in [1.29, 1.82) is 0 Å². The van der Waals surface area contributed by atoms with E-state index in [4.69, 9.17) is 4.74 Å². The third kappa shape index (κ3) is 1.83. The second-order valence-corrected chi connectivity index (χ2v) is 10.6. The van der Waals surface area contributed by atoms with Crippen LogP contribution in [0.25, 0.3) is 0 Å². The minimum atomic E-state index is -0.235. The molecule has 1 spiro atoms. The van der Waals surface area contributed by atoms with E-state index in [2.05, 4.69) is 18.4 Å². The standard InChI is InChI=1S/C22H33NO2.ClH/c1-14-15-4-5-17-21(12-15,18(14)24)9-6-16-20(2)7-3-8-22(16,17)13-23-10-11-25-19(20)23;/h15-19,24H,1,3-13H2,2H3;1H/t15-,16-,17-,18-,19-,20+,21?,22?;/m1./s1. The van der Waals surface area contributed by atoms with Crippen molar-refractivity contribution in [3.8, 4) is 0 Å². The lowest BCUT2D eigenvalue weighted by Gasteiger charge is -2.70. The zero-order valence-corrected chi connectivity index (χ0v) is 16.9. The zero-order chi connectivity index (χ0) is 17.0. The third-order valence-corrected chi connectivity index (χ3v) is 10.0. The molecular weight excluding hydrogens is 346 g/mol. The summed E-state index contributed by atoms with van der Waals surface area (Å²) in [5, 5.41) is 11.3. The fourth-order valence-corrected chi connectivity index (χ4v) is 9.34. The van der Waals surface area contributed by atoms with Crippen molar-refractivity contribution >= 4 is 12.4 Å². The summed E-state index contributed by atoms with van der Waals surface area (Å²) >= 11 is 0. The average Bonchev–Trinajstić information content (AvgIpc) is 3.13. The van der Waals surface area contributed by atoms with E-state index in [9.17, 15) is 5.11 Å². The molecule has 146 valence electrons. The van der Waals surface area contributed by atoms with E-state index in [1.165, 1.54) is 63.5 Å². The number of ether oxygens (including phenoxy) is 1. The normalized spacial score (nSPS) is 57.8. The Labute approximate surface area is 163 Å². The van der Waals surface area contributed by atoms with Gasteiger partial charge in [0.25, 0.3) is 0 Å². The molecule has 0 aromatic rings. The molecule has 0 aromatic carbocycles. The number of hydrogen-bond donors (Lipinski definition) is 1. The summed E-state index contributed by atoms with van der Waals surface area (Å²) < 4.78 is 6.29. The first-order valence-electron chi connectivity index (χ1n) is 10.7. The van der Waals surface area contributed by atoms with Crippen LogP contribution in [0.5, 0.6) is 0 Å². The van der Waals surface area contributed by atoms with Crippen molar-refractivity contribution in [3.05, 3.63) is 12.2 Å². The monoisotopic (exact) mass is 379 g/mol. The van der Waals surface area contributed by atoms with E-state index in [1.807, 2.05) is 0 Å². The van der Waals surface area contributed by atoms with Crippen molar-refractivity contribution in [1.82, 2.24) is 4.90 Å². The molecule has 0 radical (unpaired) electrons. The number of halogens is 1. The van der Waals surface area contributed by atoms with Crippen LogP contribution in [0.2, 0.25) is 0 Å². The van der Waals surface area contributed by atoms with Gasteiger partial charge in [-0.3, -0.25) is 4.90 Å². The molecule has 6 fully saturated rings. The van der Waals surface area contributed by atoms with E-state index < -0.39 is 0 Å². The Bertz CT molecular complexity index is 640. The van der Waals surface area contributed by atoms with Crippen LogP contribution < -0.4 is 0 Å². The molecule has 8 atom stereocenters. The molecule has 1 N–H and O–H groups in total. The molecule has 0 aromatic heterocycles. The van der Waals surface area contributed by atoms with E-state index in [0.717, 1.165) is 19.1 Å². The maximum Gasteiger partial charge on any atom is 0.116 e. The fraction of sp³-hybridized carbons (Fsp3) is 0.909. The van der Waals surface area contributed by atoms with Crippen LogP contribution in [-0.4, -0.2) is 42.0 Å². The largest absolute Gasteiger partial charge is 0.388 e. The van der Waals surface area contributed by atoms with Crippen LogP contribution in [0.3, 0.4) is 0 Å². The SMILES string of the molecule is C=C1[C@@H]2CC[C@@H]3C(CC[C@H]4C35CCC[C@]4(C)[C@H]3OCCN3C5)(C2)[C@@H]1O.Cl. The Kier molecular flexibility index (Phi) is 3.80. The highest BCUT2D eigenvalue weighted by Crippen LogP contribution is 2.74. The summed E-state index contributed by atoms with van der Waals surface area (Å²) in [5.74, 6) is 2.09. The van der Waals surface area contributed by atoms with Crippen LogP contribution in [0.15, 0.2) is 12.2 Å². The lowest BCUT2D eigenvalue weighted by Crippen LogP contribution is -2.70. The van der Waals surface area contributed by atoms with Gasteiger partial charge in [-0.15, -0.1) is 12.4 Å². The molecule has 4 saturated carbocycles. The molecule has 2 unspecified atom stereocenters. The lowest BCUT2D eigenvalue weighted by atomic mass is 9.38. The van der Waals surface area contributed by atoms with Crippen molar-refractivity contribution in [2.75, 3.05) is 19.7 Å². The third-order valence-electron chi connectivity index (χ3n) is 10.0. The van der Waals surface area contributed by atoms with Crippen LogP contribution in [0.1, 0.15) is 58.3 Å². The fourth-order valence-electron chi connectivity index (χ4n) is 9.34. The maximum atomic E-state index is 11.3. The number of hydrogen-bond acceptors (Lipinski definition) is 3. The van der Waals surface area contributed by atoms with Gasteiger partial charge in [-0.2, -0.15) is 0 Å². The molecule has 4 aliphatic carbocycles. The summed E-state index contributed by atoms with van der Waals surface area (Å²) in [6.07, 6.45) is 10.5. The van der Waals surface area contributed by atoms with Gasteiger partial charge >= 0.3 is 0 Å². The van der Waals surface area contributed by atoms with E-state index in [1.54, 1.807) is 0 Å². The summed E-state index contributed by atoms with van der Waals surface area (Å²) in [6, 6.07) is 0. The van der Waals surface area contributed by atoms with E-state index in [0.29, 0.717) is 28.9 Å². The Morgan fingerprint density at radius 1 is 1.12 bits per heavy atom. The predicted molar refractivity (Wildman–Crippen MR) is 104 cm³/mol. The summed E-state index contributed by atoms with van der Waals surface area (Å²) in [7, 11) is 0. The van der Waals surface area contributed by atoms with E-state index >= 15 is 0 Å². The summed E-state index contributed by atoms with van der Waals surface area (Å²) in [5.41, 5.74) is 2.08. The van der Waals surface area contributed by atoms with Gasteiger partial charge in [0, 0.05) is 23.9 Å². The molecule has 6 rings (SSSR count). The number of nitrogens with zero attached hydrogens (tertiary/aromatic N) is 1. The van der Waals surface area contributed by atoms with Crippen molar-refractivity contribution in [2.24, 2.45) is 34.0 Å². The average molecular weight is 380 g/mol. The number of fused-ring (bicyclic) bond motifs is 3. The van der Waals surface area contributed by atoms with Crippen LogP contribution in [0.4, 0.5) is 0 Å². The Hall–Kier alpha value is -0.0900. The van der Waals surface area contributed by atoms with E-state index in [-0.39, 0.29) is 23.9 Å². The maximum absolute atomic E-state index is 11.3. The minimum absolute atomic E-state index is 0. The molecule has 6 aliphatic rings.